The van der Waals surface area contributed by atoms with Gasteiger partial charge in [0.05, 0.1) is 0 Å². The van der Waals surface area contributed by atoms with E-state index < -0.39 is 0 Å². The number of Topliss-reactive ketones (excluding diaryl/α,β-unsaturated/α-hetero) is 1. The maximum Gasteiger partial charge on any atom is 0.195 e. The van der Waals surface area contributed by atoms with Crippen LogP contribution in [0, 0.1) is 0 Å². The molecule has 12 heavy (non-hydrogen) atoms. The maximum absolute atomic E-state index is 11.0. The molecule has 0 amide bonds. The standard InChI is InChI=1S/C8H13N3O/c1-6(12)8-9-7(10(2)3)5-11(8)4/h5H,1-4H3. The van der Waals surface area contributed by atoms with E-state index in [1.54, 1.807) is 4.57 Å². The molecular formula is C8H13N3O. The molecular weight excluding hydrogens is 154 g/mol. The quantitative estimate of drug-likeness (QED) is 0.608. The lowest BCUT2D eigenvalue weighted by Gasteiger charge is -2.05. The first-order chi connectivity index (χ1) is 5.52. The minimum absolute atomic E-state index is 0.00870. The largest absolute Gasteiger partial charge is 0.361 e. The summed E-state index contributed by atoms with van der Waals surface area (Å²) in [6.07, 6.45) is 1.83. The van der Waals surface area contributed by atoms with E-state index in [0.717, 1.165) is 5.82 Å². The molecule has 0 saturated heterocycles. The van der Waals surface area contributed by atoms with Crippen LogP contribution >= 0.6 is 0 Å². The van der Waals surface area contributed by atoms with Gasteiger partial charge in [-0.1, -0.05) is 0 Å². The third-order valence-electron chi connectivity index (χ3n) is 1.64. The molecule has 0 aromatic carbocycles. The number of hydrogen-bond donors (Lipinski definition) is 0. The van der Waals surface area contributed by atoms with Gasteiger partial charge in [0.25, 0.3) is 0 Å². The minimum atomic E-state index is -0.00870. The van der Waals surface area contributed by atoms with Crippen molar-refractivity contribution in [1.82, 2.24) is 9.55 Å². The highest BCUT2D eigenvalue weighted by molar-refractivity contribution is 5.91. The Hall–Kier alpha value is -1.32. The van der Waals surface area contributed by atoms with Crippen molar-refractivity contribution >= 4 is 11.6 Å². The van der Waals surface area contributed by atoms with Gasteiger partial charge in [0.15, 0.2) is 11.6 Å². The van der Waals surface area contributed by atoms with Gasteiger partial charge in [-0.05, 0) is 0 Å². The molecule has 0 saturated carbocycles. The Morgan fingerprint density at radius 1 is 1.58 bits per heavy atom. The number of hydrogen-bond acceptors (Lipinski definition) is 3. The fourth-order valence-electron chi connectivity index (χ4n) is 0.993. The molecule has 0 aliphatic heterocycles. The molecule has 0 aliphatic carbocycles. The van der Waals surface area contributed by atoms with Crippen LogP contribution < -0.4 is 4.90 Å². The van der Waals surface area contributed by atoms with Crippen LogP contribution in [0.4, 0.5) is 5.82 Å². The Labute approximate surface area is 71.8 Å². The molecule has 66 valence electrons. The average Bonchev–Trinajstić information content (AvgIpc) is 2.30. The van der Waals surface area contributed by atoms with E-state index in [-0.39, 0.29) is 5.78 Å². The van der Waals surface area contributed by atoms with Gasteiger partial charge in [-0.15, -0.1) is 0 Å². The fraction of sp³-hybridized carbons (Fsp3) is 0.500. The molecule has 1 aromatic heterocycles. The summed E-state index contributed by atoms with van der Waals surface area (Å²) in [6, 6.07) is 0. The summed E-state index contributed by atoms with van der Waals surface area (Å²) in [5, 5.41) is 0. The molecule has 0 radical (unpaired) electrons. The Balaban J connectivity index is 3.09. The number of carbonyl (C=O) groups excluding carboxylic acids is 1. The average molecular weight is 167 g/mol. The maximum atomic E-state index is 11.0. The predicted molar refractivity (Wildman–Crippen MR) is 47.5 cm³/mol. The molecule has 0 unspecified atom stereocenters. The van der Waals surface area contributed by atoms with Gasteiger partial charge in [-0.2, -0.15) is 0 Å². The SMILES string of the molecule is CC(=O)c1nc(N(C)C)cn1C. The lowest BCUT2D eigenvalue weighted by Crippen LogP contribution is -2.09. The van der Waals surface area contributed by atoms with Crippen molar-refractivity contribution in [2.24, 2.45) is 7.05 Å². The normalized spacial score (nSPS) is 10.0. The zero-order chi connectivity index (χ0) is 9.30. The summed E-state index contributed by atoms with van der Waals surface area (Å²) in [4.78, 5) is 17.0. The zero-order valence-electron chi connectivity index (χ0n) is 7.83. The smallest absolute Gasteiger partial charge is 0.195 e. The van der Waals surface area contributed by atoms with Crippen LogP contribution in [0.15, 0.2) is 6.20 Å². The van der Waals surface area contributed by atoms with Gasteiger partial charge in [-0.3, -0.25) is 4.79 Å². The first kappa shape index (κ1) is 8.77. The molecule has 1 rings (SSSR count). The number of aryl methyl sites for hydroxylation is 1. The number of nitrogens with zero attached hydrogens (tertiary/aromatic N) is 3. The molecule has 0 aliphatic rings. The summed E-state index contributed by atoms with van der Waals surface area (Å²) in [7, 11) is 5.61. The van der Waals surface area contributed by atoms with E-state index in [0.29, 0.717) is 5.82 Å². The molecule has 1 heterocycles. The summed E-state index contributed by atoms with van der Waals surface area (Å²) in [6.45, 7) is 1.52. The Morgan fingerprint density at radius 3 is 2.42 bits per heavy atom. The highest BCUT2D eigenvalue weighted by Gasteiger charge is 2.09. The van der Waals surface area contributed by atoms with Crippen LogP contribution in [-0.4, -0.2) is 29.4 Å². The van der Waals surface area contributed by atoms with Crippen LogP contribution in [0.5, 0.6) is 0 Å². The Morgan fingerprint density at radius 2 is 2.17 bits per heavy atom. The van der Waals surface area contributed by atoms with Gasteiger partial charge in [0, 0.05) is 34.3 Å². The Bertz CT molecular complexity index is 301. The second kappa shape index (κ2) is 2.97. The first-order valence-corrected chi connectivity index (χ1v) is 3.74. The van der Waals surface area contributed by atoms with Crippen molar-refractivity contribution in [1.29, 1.82) is 0 Å². The number of imidazole rings is 1. The van der Waals surface area contributed by atoms with Crippen LogP contribution in [-0.2, 0) is 7.05 Å². The lowest BCUT2D eigenvalue weighted by atomic mass is 10.4. The summed E-state index contributed by atoms with van der Waals surface area (Å²) >= 11 is 0. The molecule has 0 atom stereocenters. The highest BCUT2D eigenvalue weighted by Crippen LogP contribution is 2.09. The summed E-state index contributed by atoms with van der Waals surface area (Å²) in [5.41, 5.74) is 0. The second-order valence-corrected chi connectivity index (χ2v) is 2.98. The summed E-state index contributed by atoms with van der Waals surface area (Å²) in [5.74, 6) is 1.30. The van der Waals surface area contributed by atoms with Crippen molar-refractivity contribution in [3.8, 4) is 0 Å². The fourth-order valence-corrected chi connectivity index (χ4v) is 0.993. The third kappa shape index (κ3) is 1.47. The van der Waals surface area contributed by atoms with Crippen LogP contribution in [0.2, 0.25) is 0 Å². The van der Waals surface area contributed by atoms with Crippen molar-refractivity contribution in [2.45, 2.75) is 6.92 Å². The molecule has 0 fully saturated rings. The van der Waals surface area contributed by atoms with E-state index in [4.69, 9.17) is 0 Å². The lowest BCUT2D eigenvalue weighted by molar-refractivity contribution is 0.100. The van der Waals surface area contributed by atoms with E-state index in [2.05, 4.69) is 4.98 Å². The number of aromatic nitrogens is 2. The van der Waals surface area contributed by atoms with Crippen molar-refractivity contribution < 1.29 is 4.79 Å². The minimum Gasteiger partial charge on any atom is -0.361 e. The van der Waals surface area contributed by atoms with Crippen molar-refractivity contribution in [3.63, 3.8) is 0 Å². The predicted octanol–water partition coefficient (Wildman–Crippen LogP) is 0.689. The first-order valence-electron chi connectivity index (χ1n) is 3.74. The molecule has 0 spiro atoms. The van der Waals surface area contributed by atoms with Crippen molar-refractivity contribution in [3.05, 3.63) is 12.0 Å². The van der Waals surface area contributed by atoms with Gasteiger partial charge in [0.2, 0.25) is 0 Å². The highest BCUT2D eigenvalue weighted by atomic mass is 16.1. The topological polar surface area (TPSA) is 38.1 Å². The van der Waals surface area contributed by atoms with Gasteiger partial charge < -0.3 is 9.47 Å². The van der Waals surface area contributed by atoms with Crippen LogP contribution in [0.3, 0.4) is 0 Å². The second-order valence-electron chi connectivity index (χ2n) is 2.98. The molecule has 1 aromatic rings. The van der Waals surface area contributed by atoms with E-state index in [9.17, 15) is 4.79 Å². The molecule has 4 heteroatoms. The third-order valence-corrected chi connectivity index (χ3v) is 1.64. The van der Waals surface area contributed by atoms with Crippen LogP contribution in [0.1, 0.15) is 17.5 Å². The molecule has 4 nitrogen and oxygen atoms in total. The van der Waals surface area contributed by atoms with Gasteiger partial charge in [0.1, 0.15) is 5.82 Å². The van der Waals surface area contributed by atoms with Crippen LogP contribution in [0.25, 0.3) is 0 Å². The van der Waals surface area contributed by atoms with Gasteiger partial charge >= 0.3 is 0 Å². The van der Waals surface area contributed by atoms with Crippen molar-refractivity contribution in [2.75, 3.05) is 19.0 Å². The van der Waals surface area contributed by atoms with Gasteiger partial charge in [-0.25, -0.2) is 4.98 Å². The van der Waals surface area contributed by atoms with E-state index >= 15 is 0 Å². The van der Waals surface area contributed by atoms with E-state index in [1.165, 1.54) is 6.92 Å². The van der Waals surface area contributed by atoms with E-state index in [1.807, 2.05) is 32.2 Å². The monoisotopic (exact) mass is 167 g/mol. The molecule has 0 bridgehead atoms. The number of ketones is 1. The zero-order valence-corrected chi connectivity index (χ0v) is 7.83. The molecule has 0 N–H and O–H groups in total. The number of rotatable bonds is 2. The summed E-state index contributed by atoms with van der Waals surface area (Å²) < 4.78 is 1.73. The Kier molecular flexibility index (Phi) is 2.17. The number of anilines is 1. The number of carbonyl (C=O) groups is 1.